The van der Waals surface area contributed by atoms with Crippen molar-refractivity contribution in [3.63, 3.8) is 0 Å². The second kappa shape index (κ2) is 5.48. The molecule has 0 aliphatic rings. The Morgan fingerprint density at radius 3 is 2.79 bits per heavy atom. The molecule has 1 N–H and O–H groups in total. The molecule has 3 heteroatoms. The average Bonchev–Trinajstić information content (AvgIpc) is 2.49. The molecular formula is C16H15N3. The van der Waals surface area contributed by atoms with Crippen LogP contribution in [-0.2, 0) is 6.42 Å². The van der Waals surface area contributed by atoms with Gasteiger partial charge in [-0.25, -0.2) is 4.98 Å². The molecule has 0 bridgehead atoms. The highest BCUT2D eigenvalue weighted by Gasteiger charge is 2.00. The molecule has 1 aromatic carbocycles. The summed E-state index contributed by atoms with van der Waals surface area (Å²) in [5, 5.41) is 5.77. The number of pyridine rings is 2. The van der Waals surface area contributed by atoms with Gasteiger partial charge in [-0.3, -0.25) is 4.98 Å². The lowest BCUT2D eigenvalue weighted by Gasteiger charge is -2.08. The van der Waals surface area contributed by atoms with Gasteiger partial charge in [-0.2, -0.15) is 0 Å². The zero-order valence-corrected chi connectivity index (χ0v) is 10.6. The number of benzene rings is 1. The van der Waals surface area contributed by atoms with Crippen LogP contribution >= 0.6 is 0 Å². The number of nitrogens with zero attached hydrogens (tertiary/aromatic N) is 2. The van der Waals surface area contributed by atoms with Gasteiger partial charge >= 0.3 is 0 Å². The van der Waals surface area contributed by atoms with Crippen molar-refractivity contribution in [1.82, 2.24) is 9.97 Å². The van der Waals surface area contributed by atoms with Crippen molar-refractivity contribution in [2.45, 2.75) is 6.42 Å². The summed E-state index contributed by atoms with van der Waals surface area (Å²) in [6.07, 6.45) is 6.48. The Balaban J connectivity index is 1.72. The van der Waals surface area contributed by atoms with Gasteiger partial charge in [0, 0.05) is 30.5 Å². The van der Waals surface area contributed by atoms with Gasteiger partial charge in [0.1, 0.15) is 5.82 Å². The van der Waals surface area contributed by atoms with E-state index < -0.39 is 0 Å². The van der Waals surface area contributed by atoms with Crippen LogP contribution in [0.5, 0.6) is 0 Å². The van der Waals surface area contributed by atoms with E-state index in [9.17, 15) is 0 Å². The maximum absolute atomic E-state index is 4.41. The van der Waals surface area contributed by atoms with Crippen molar-refractivity contribution in [1.29, 1.82) is 0 Å². The summed E-state index contributed by atoms with van der Waals surface area (Å²) in [4.78, 5) is 8.53. The largest absolute Gasteiger partial charge is 0.369 e. The van der Waals surface area contributed by atoms with Gasteiger partial charge in [0.2, 0.25) is 0 Å². The highest BCUT2D eigenvalue weighted by atomic mass is 15.0. The van der Waals surface area contributed by atoms with Crippen LogP contribution in [0.15, 0.2) is 61.1 Å². The zero-order chi connectivity index (χ0) is 12.9. The van der Waals surface area contributed by atoms with Crippen molar-refractivity contribution < 1.29 is 0 Å². The lowest BCUT2D eigenvalue weighted by atomic mass is 10.1. The SMILES string of the molecule is c1cncc(CCNc2nccc3ccccc23)c1. The van der Waals surface area contributed by atoms with E-state index in [0.29, 0.717) is 0 Å². The molecule has 3 rings (SSSR count). The summed E-state index contributed by atoms with van der Waals surface area (Å²) < 4.78 is 0. The molecule has 0 fully saturated rings. The summed E-state index contributed by atoms with van der Waals surface area (Å²) in [7, 11) is 0. The van der Waals surface area contributed by atoms with Gasteiger partial charge in [0.05, 0.1) is 0 Å². The molecule has 0 radical (unpaired) electrons. The predicted molar refractivity (Wildman–Crippen MR) is 78.2 cm³/mol. The summed E-state index contributed by atoms with van der Waals surface area (Å²) in [5.41, 5.74) is 1.23. The number of fused-ring (bicyclic) bond motifs is 1. The third-order valence-corrected chi connectivity index (χ3v) is 3.10. The van der Waals surface area contributed by atoms with Gasteiger partial charge in [0.25, 0.3) is 0 Å². The zero-order valence-electron chi connectivity index (χ0n) is 10.6. The Bertz CT molecular complexity index is 660. The molecule has 3 aromatic rings. The molecule has 0 spiro atoms. The molecule has 94 valence electrons. The minimum atomic E-state index is 0.854. The van der Waals surface area contributed by atoms with Crippen LogP contribution in [0.25, 0.3) is 10.8 Å². The fourth-order valence-electron chi connectivity index (χ4n) is 2.13. The fourth-order valence-corrected chi connectivity index (χ4v) is 2.13. The Kier molecular flexibility index (Phi) is 3.36. The number of hydrogen-bond donors (Lipinski definition) is 1. The highest BCUT2D eigenvalue weighted by Crippen LogP contribution is 2.20. The summed E-state index contributed by atoms with van der Waals surface area (Å²) in [5.74, 6) is 0.946. The molecular weight excluding hydrogens is 234 g/mol. The lowest BCUT2D eigenvalue weighted by molar-refractivity contribution is 0.997. The second-order valence-corrected chi connectivity index (χ2v) is 4.42. The van der Waals surface area contributed by atoms with E-state index in [1.807, 2.05) is 36.7 Å². The number of rotatable bonds is 4. The molecule has 0 unspecified atom stereocenters. The van der Waals surface area contributed by atoms with Gasteiger partial charge < -0.3 is 5.32 Å². The molecule has 3 nitrogen and oxygen atoms in total. The van der Waals surface area contributed by atoms with E-state index in [2.05, 4.69) is 33.5 Å². The molecule has 0 saturated carbocycles. The molecule has 0 aliphatic carbocycles. The number of anilines is 1. The third-order valence-electron chi connectivity index (χ3n) is 3.10. The Morgan fingerprint density at radius 1 is 0.947 bits per heavy atom. The van der Waals surface area contributed by atoms with E-state index in [-0.39, 0.29) is 0 Å². The Labute approximate surface area is 112 Å². The first kappa shape index (κ1) is 11.7. The van der Waals surface area contributed by atoms with E-state index in [1.54, 1.807) is 6.20 Å². The highest BCUT2D eigenvalue weighted by molar-refractivity contribution is 5.91. The van der Waals surface area contributed by atoms with Crippen LogP contribution < -0.4 is 5.32 Å². The smallest absolute Gasteiger partial charge is 0.133 e. The van der Waals surface area contributed by atoms with Crippen LogP contribution in [-0.4, -0.2) is 16.5 Å². The van der Waals surface area contributed by atoms with Gasteiger partial charge in [-0.15, -0.1) is 0 Å². The van der Waals surface area contributed by atoms with Crippen LogP contribution in [0, 0.1) is 0 Å². The Morgan fingerprint density at radius 2 is 1.89 bits per heavy atom. The first-order chi connectivity index (χ1) is 9.43. The fraction of sp³-hybridized carbons (Fsp3) is 0.125. The topological polar surface area (TPSA) is 37.8 Å². The maximum Gasteiger partial charge on any atom is 0.133 e. The van der Waals surface area contributed by atoms with E-state index in [1.165, 1.54) is 10.9 Å². The van der Waals surface area contributed by atoms with Crippen molar-refractivity contribution >= 4 is 16.6 Å². The van der Waals surface area contributed by atoms with Crippen molar-refractivity contribution in [3.05, 3.63) is 66.6 Å². The van der Waals surface area contributed by atoms with Crippen molar-refractivity contribution in [2.24, 2.45) is 0 Å². The van der Waals surface area contributed by atoms with Crippen molar-refractivity contribution in [3.8, 4) is 0 Å². The maximum atomic E-state index is 4.41. The summed E-state index contributed by atoms with van der Waals surface area (Å²) >= 11 is 0. The number of hydrogen-bond acceptors (Lipinski definition) is 3. The van der Waals surface area contributed by atoms with E-state index in [4.69, 9.17) is 0 Å². The van der Waals surface area contributed by atoms with E-state index in [0.717, 1.165) is 24.2 Å². The lowest BCUT2D eigenvalue weighted by Crippen LogP contribution is -2.06. The monoisotopic (exact) mass is 249 g/mol. The van der Waals surface area contributed by atoms with Crippen molar-refractivity contribution in [2.75, 3.05) is 11.9 Å². The van der Waals surface area contributed by atoms with Crippen LogP contribution in [0.2, 0.25) is 0 Å². The molecule has 0 atom stereocenters. The third kappa shape index (κ3) is 2.71. The standard InChI is InChI=1S/C16H15N3/c1-2-6-15-14(5-1)8-11-19-16(15)18-10-7-13-4-3-9-17-12-13/h1-6,8-9,11-12H,7,10H2,(H,18,19). The molecule has 2 heterocycles. The summed E-state index contributed by atoms with van der Waals surface area (Å²) in [6.45, 7) is 0.854. The predicted octanol–water partition coefficient (Wildman–Crippen LogP) is 3.28. The average molecular weight is 249 g/mol. The van der Waals surface area contributed by atoms with Crippen LogP contribution in [0.4, 0.5) is 5.82 Å². The van der Waals surface area contributed by atoms with Gasteiger partial charge in [0.15, 0.2) is 0 Å². The normalized spacial score (nSPS) is 10.5. The molecule has 0 aliphatic heterocycles. The quantitative estimate of drug-likeness (QED) is 0.771. The minimum absolute atomic E-state index is 0.854. The first-order valence-corrected chi connectivity index (χ1v) is 6.40. The molecule has 2 aromatic heterocycles. The van der Waals surface area contributed by atoms with Gasteiger partial charge in [-0.1, -0.05) is 30.3 Å². The van der Waals surface area contributed by atoms with Gasteiger partial charge in [-0.05, 0) is 29.5 Å². The second-order valence-electron chi connectivity index (χ2n) is 4.42. The summed E-state index contributed by atoms with van der Waals surface area (Å²) in [6, 6.07) is 14.4. The van der Waals surface area contributed by atoms with Crippen LogP contribution in [0.3, 0.4) is 0 Å². The molecule has 19 heavy (non-hydrogen) atoms. The molecule has 0 saturated heterocycles. The first-order valence-electron chi connectivity index (χ1n) is 6.40. The number of nitrogens with one attached hydrogen (secondary N) is 1. The van der Waals surface area contributed by atoms with Crippen LogP contribution in [0.1, 0.15) is 5.56 Å². The number of aromatic nitrogens is 2. The van der Waals surface area contributed by atoms with E-state index >= 15 is 0 Å². The minimum Gasteiger partial charge on any atom is -0.369 e. The molecule has 0 amide bonds. The Hall–Kier alpha value is -2.42.